The Morgan fingerprint density at radius 2 is 2.00 bits per heavy atom. The summed E-state index contributed by atoms with van der Waals surface area (Å²) in [6.45, 7) is -5.51. The van der Waals surface area contributed by atoms with Crippen LogP contribution in [0.1, 0.15) is 18.9 Å². The third kappa shape index (κ3) is 4.66. The Morgan fingerprint density at radius 1 is 1.22 bits per heavy atom. The molecule has 6 heterocycles. The van der Waals surface area contributed by atoms with Crippen molar-refractivity contribution in [3.8, 4) is 0 Å². The average molecular weight is 616 g/mol. The van der Waals surface area contributed by atoms with E-state index in [4.69, 9.17) is 25.5 Å². The molecule has 2 fully saturated rings. The van der Waals surface area contributed by atoms with Crippen molar-refractivity contribution in [3.63, 3.8) is 0 Å². The number of thiol groups is 1. The number of H-pyrrole nitrogens is 1. The van der Waals surface area contributed by atoms with Gasteiger partial charge in [0.2, 0.25) is 5.95 Å². The molecule has 8 atom stereocenters. The number of nitrogens with one attached hydrogen (secondary N) is 1. The zero-order valence-electron chi connectivity index (χ0n) is 20.8. The lowest BCUT2D eigenvalue weighted by atomic mass is 10.2. The monoisotopic (exact) mass is 615 g/mol. The number of nitrogens with two attached hydrogens (primary N) is 2. The van der Waals surface area contributed by atoms with Gasteiger partial charge in [-0.05, 0) is 0 Å². The van der Waals surface area contributed by atoms with E-state index in [-0.39, 0.29) is 40.4 Å². The summed E-state index contributed by atoms with van der Waals surface area (Å²) in [5.74, 6) is -0.990. The lowest BCUT2D eigenvalue weighted by molar-refractivity contribution is -0.0388. The van der Waals surface area contributed by atoms with Crippen LogP contribution >= 0.6 is 18.8 Å². The van der Waals surface area contributed by atoms with Crippen LogP contribution in [-0.4, -0.2) is 87.6 Å². The first-order valence-electron chi connectivity index (χ1n) is 12.2. The summed E-state index contributed by atoms with van der Waals surface area (Å²) in [6.07, 6.45) is -4.54. The normalized spacial score (nSPS) is 29.9. The summed E-state index contributed by atoms with van der Waals surface area (Å²) in [6, 6.07) is 0. The summed E-state index contributed by atoms with van der Waals surface area (Å²) in [5, 5.41) is 20.3. The molecular formula is C21H24F2N9O7PS. The number of aromatic amines is 1. The Morgan fingerprint density at radius 3 is 2.76 bits per heavy atom. The molecule has 41 heavy (non-hydrogen) atoms. The molecule has 0 saturated carbocycles. The molecule has 0 aromatic carbocycles. The van der Waals surface area contributed by atoms with Gasteiger partial charge in [0.05, 0.1) is 31.0 Å². The number of hydrogen-bond acceptors (Lipinski definition) is 13. The maximum absolute atomic E-state index is 15.5. The first-order valence-corrected chi connectivity index (χ1v) is 15.0. The lowest BCUT2D eigenvalue weighted by Crippen LogP contribution is -2.31. The second-order valence-electron chi connectivity index (χ2n) is 9.59. The molecule has 0 amide bonds. The fourth-order valence-electron chi connectivity index (χ4n) is 5.14. The van der Waals surface area contributed by atoms with Crippen molar-refractivity contribution in [2.75, 3.05) is 24.7 Å². The topological polar surface area (TPSA) is 232 Å². The molecule has 7 N–H and O–H groups in total. The van der Waals surface area contributed by atoms with Crippen LogP contribution in [-0.2, 0) is 18.6 Å². The smallest absolute Gasteiger partial charge is 0.280 e. The highest BCUT2D eigenvalue weighted by Crippen LogP contribution is 2.64. The molecule has 16 nitrogen and oxygen atoms in total. The van der Waals surface area contributed by atoms with E-state index >= 15 is 4.39 Å². The zero-order valence-corrected chi connectivity index (χ0v) is 22.6. The number of nitrogens with zero attached hydrogens (tertiary/aromatic N) is 6. The van der Waals surface area contributed by atoms with Crippen LogP contribution < -0.4 is 17.0 Å². The van der Waals surface area contributed by atoms with Crippen LogP contribution in [0.25, 0.3) is 22.2 Å². The van der Waals surface area contributed by atoms with Crippen LogP contribution in [0.15, 0.2) is 23.6 Å². The summed E-state index contributed by atoms with van der Waals surface area (Å²) in [5.41, 5.74) is 9.09. The number of aliphatic hydroxyl groups excluding tert-OH is 2. The summed E-state index contributed by atoms with van der Waals surface area (Å²) in [7, 11) is 0. The lowest BCUT2D eigenvalue weighted by Gasteiger charge is -2.27. The highest BCUT2D eigenvalue weighted by molar-refractivity contribution is 8.46. The zero-order chi connectivity index (χ0) is 29.2. The van der Waals surface area contributed by atoms with E-state index in [1.807, 2.05) is 0 Å². The summed E-state index contributed by atoms with van der Waals surface area (Å²) >= 11 is 4.17. The van der Waals surface area contributed by atoms with Crippen molar-refractivity contribution in [2.45, 2.75) is 49.0 Å². The van der Waals surface area contributed by atoms with Gasteiger partial charge in [-0.1, -0.05) is 12.2 Å². The Hall–Kier alpha value is -3.19. The van der Waals surface area contributed by atoms with Gasteiger partial charge in [0.25, 0.3) is 12.1 Å². The molecule has 4 aromatic rings. The molecule has 2 saturated heterocycles. The van der Waals surface area contributed by atoms with E-state index < -0.39 is 73.8 Å². The van der Waals surface area contributed by atoms with Crippen molar-refractivity contribution in [3.05, 3.63) is 35.0 Å². The highest BCUT2D eigenvalue weighted by Gasteiger charge is 2.55. The van der Waals surface area contributed by atoms with E-state index in [1.165, 1.54) is 4.57 Å². The molecule has 0 bridgehead atoms. The van der Waals surface area contributed by atoms with E-state index in [2.05, 4.69) is 37.2 Å². The van der Waals surface area contributed by atoms with Crippen molar-refractivity contribution < 1.29 is 37.6 Å². The Bertz CT molecular complexity index is 1740. The van der Waals surface area contributed by atoms with Crippen LogP contribution in [0.3, 0.4) is 0 Å². The molecule has 220 valence electrons. The summed E-state index contributed by atoms with van der Waals surface area (Å²) in [4.78, 5) is 30.3. The molecule has 2 unspecified atom stereocenters. The van der Waals surface area contributed by atoms with Gasteiger partial charge in [0.15, 0.2) is 28.9 Å². The first-order chi connectivity index (χ1) is 19.5. The Balaban J connectivity index is 1.24. The van der Waals surface area contributed by atoms with E-state index in [1.54, 1.807) is 0 Å². The number of nitrogen functional groups attached to an aromatic ring is 2. The van der Waals surface area contributed by atoms with Crippen molar-refractivity contribution in [1.82, 2.24) is 34.1 Å². The Kier molecular flexibility index (Phi) is 7.00. The minimum atomic E-state index is -4.26. The second-order valence-corrected chi connectivity index (χ2v) is 13.2. The van der Waals surface area contributed by atoms with E-state index in [0.717, 1.165) is 23.4 Å². The number of imidazole rings is 1. The molecule has 2 aliphatic rings. The molecule has 6 rings (SSSR count). The van der Waals surface area contributed by atoms with Gasteiger partial charge < -0.3 is 40.2 Å². The van der Waals surface area contributed by atoms with Crippen LogP contribution in [0, 0.1) is 5.82 Å². The predicted octanol–water partition coefficient (Wildman–Crippen LogP) is 0.252. The maximum Gasteiger partial charge on any atom is 0.280 e. The SMILES string of the molecule is Nc1nc2c(ncn2[C@@H]2OC(CO)[C@@H](F)[C@H]2P(=O)(S)OC[C@H]2O[C@@H](n3cc(F)c4c(N)ncnc43)C[C@@H]2O)c(=O)[nH]1. The van der Waals surface area contributed by atoms with Gasteiger partial charge in [-0.25, -0.2) is 23.7 Å². The number of halogens is 2. The highest BCUT2D eigenvalue weighted by atomic mass is 32.7. The first kappa shape index (κ1) is 28.0. The molecule has 20 heteroatoms. The molecule has 0 spiro atoms. The number of fused-ring (bicyclic) bond motifs is 2. The average Bonchev–Trinajstić information content (AvgIpc) is 3.66. The number of ether oxygens (including phenoxy) is 2. The van der Waals surface area contributed by atoms with Crippen LogP contribution in [0.5, 0.6) is 0 Å². The molecular weight excluding hydrogens is 591 g/mol. The van der Waals surface area contributed by atoms with Gasteiger partial charge in [0, 0.05) is 12.6 Å². The summed E-state index contributed by atoms with van der Waals surface area (Å²) < 4.78 is 63.4. The number of rotatable bonds is 7. The van der Waals surface area contributed by atoms with Crippen molar-refractivity contribution in [1.29, 1.82) is 0 Å². The fraction of sp³-hybridized carbons (Fsp3) is 0.476. The van der Waals surface area contributed by atoms with Gasteiger partial charge >= 0.3 is 0 Å². The largest absolute Gasteiger partial charge is 0.394 e. The standard InChI is InChI=1S/C21H24F2N9O7PS/c22-7-2-31(17-12(7)16(24)26-5-27-17)11-1-8(34)10(38-11)4-37-40(36,41)15-13(23)9(3-33)39-20(15)32-6-28-14-18(32)29-21(25)30-19(14)35/h2,5-6,8-11,13,15,20,33-34H,1,3-4H2,(H,36,41)(H2,24,26,27)(H3,25,29,30,35)/t8-,9?,10+,11+,13+,15+,20+,40?/m0/s1. The van der Waals surface area contributed by atoms with Gasteiger partial charge in [-0.15, -0.1) is 0 Å². The second kappa shape index (κ2) is 10.3. The van der Waals surface area contributed by atoms with Gasteiger partial charge in [-0.2, -0.15) is 4.98 Å². The molecule has 0 aliphatic carbocycles. The predicted molar refractivity (Wildman–Crippen MR) is 141 cm³/mol. The van der Waals surface area contributed by atoms with Crippen molar-refractivity contribution in [2.24, 2.45) is 0 Å². The van der Waals surface area contributed by atoms with Crippen LogP contribution in [0.4, 0.5) is 20.5 Å². The number of hydrogen-bond donors (Lipinski definition) is 6. The fourth-order valence-corrected chi connectivity index (χ4v) is 7.69. The number of anilines is 2. The third-order valence-electron chi connectivity index (χ3n) is 7.10. The minimum absolute atomic E-state index is 0.00453. The number of alkyl halides is 1. The van der Waals surface area contributed by atoms with E-state index in [9.17, 15) is 24.0 Å². The number of aromatic nitrogens is 7. The van der Waals surface area contributed by atoms with E-state index in [0.29, 0.717) is 0 Å². The molecule has 0 radical (unpaired) electrons. The Labute approximate surface area is 233 Å². The molecule has 2 aliphatic heterocycles. The maximum atomic E-state index is 15.5. The van der Waals surface area contributed by atoms with Crippen LogP contribution in [0.2, 0.25) is 0 Å². The number of aliphatic hydroxyl groups is 2. The van der Waals surface area contributed by atoms with Gasteiger partial charge in [0.1, 0.15) is 42.4 Å². The quantitative estimate of drug-likeness (QED) is 0.121. The van der Waals surface area contributed by atoms with Crippen molar-refractivity contribution >= 4 is 52.8 Å². The molecule has 4 aromatic heterocycles. The third-order valence-corrected chi connectivity index (χ3v) is 10.1. The van der Waals surface area contributed by atoms with Gasteiger partial charge in [-0.3, -0.25) is 18.9 Å². The minimum Gasteiger partial charge on any atom is -0.394 e.